The van der Waals surface area contributed by atoms with E-state index in [0.29, 0.717) is 6.42 Å². The molecular weight excluding hydrogens is 364 g/mol. The minimum absolute atomic E-state index is 0.000787. The molecule has 0 aromatic heterocycles. The maximum Gasteiger partial charge on any atom is 0.166 e. The summed E-state index contributed by atoms with van der Waals surface area (Å²) in [6.07, 6.45) is 10.9. The van der Waals surface area contributed by atoms with Gasteiger partial charge in [0, 0.05) is 18.5 Å². The molecular formula is C24H34N2O3. The van der Waals surface area contributed by atoms with Crippen molar-refractivity contribution < 1.29 is 14.6 Å². The first kappa shape index (κ1) is 19.4. The molecule has 5 rings (SSSR count). The van der Waals surface area contributed by atoms with Crippen LogP contribution < -0.4 is 9.47 Å². The van der Waals surface area contributed by atoms with Crippen molar-refractivity contribution in [1.82, 2.24) is 9.80 Å². The molecule has 4 aliphatic rings. The minimum Gasteiger partial charge on any atom is -0.493 e. The number of likely N-dealkylation sites (tertiary alicyclic amines) is 1. The Morgan fingerprint density at radius 1 is 1.14 bits per heavy atom. The van der Waals surface area contributed by atoms with Crippen molar-refractivity contribution >= 4 is 0 Å². The van der Waals surface area contributed by atoms with Crippen LogP contribution in [0.2, 0.25) is 0 Å². The first-order valence-corrected chi connectivity index (χ1v) is 11.4. The highest BCUT2D eigenvalue weighted by atomic mass is 16.5. The van der Waals surface area contributed by atoms with E-state index in [1.165, 1.54) is 56.4 Å². The predicted molar refractivity (Wildman–Crippen MR) is 114 cm³/mol. The van der Waals surface area contributed by atoms with Crippen molar-refractivity contribution in [3.05, 3.63) is 35.4 Å². The molecule has 1 saturated heterocycles. The maximum atomic E-state index is 10.2. The monoisotopic (exact) mass is 398 g/mol. The third-order valence-electron chi connectivity index (χ3n) is 7.43. The van der Waals surface area contributed by atoms with Crippen LogP contribution in [0.4, 0.5) is 0 Å². The molecule has 1 fully saturated rings. The smallest absolute Gasteiger partial charge is 0.166 e. The van der Waals surface area contributed by atoms with Crippen LogP contribution in [0.15, 0.2) is 24.3 Å². The van der Waals surface area contributed by atoms with Crippen LogP contribution in [0.1, 0.15) is 49.7 Å². The Balaban J connectivity index is 1.37. The molecule has 1 aromatic carbocycles. The fourth-order valence-corrected chi connectivity index (χ4v) is 5.89. The number of hydrogen-bond donors (Lipinski definition) is 1. The molecule has 5 heteroatoms. The second kappa shape index (κ2) is 7.93. The summed E-state index contributed by atoms with van der Waals surface area (Å²) in [5.74, 6) is 1.72. The summed E-state index contributed by atoms with van der Waals surface area (Å²) < 4.78 is 12.0. The van der Waals surface area contributed by atoms with Crippen LogP contribution in [0, 0.1) is 0 Å². The molecule has 29 heavy (non-hydrogen) atoms. The molecule has 3 atom stereocenters. The lowest BCUT2D eigenvalue weighted by atomic mass is 9.69. The number of methoxy groups -OCH3 is 1. The van der Waals surface area contributed by atoms with E-state index in [1.807, 2.05) is 6.08 Å². The molecule has 0 saturated carbocycles. The number of benzene rings is 1. The number of hydrogen-bond acceptors (Lipinski definition) is 5. The molecule has 3 heterocycles. The van der Waals surface area contributed by atoms with Crippen LogP contribution in [0.5, 0.6) is 11.5 Å². The summed E-state index contributed by atoms with van der Waals surface area (Å²) in [6, 6.07) is 4.28. The molecule has 1 aliphatic carbocycles. The van der Waals surface area contributed by atoms with Gasteiger partial charge in [-0.25, -0.2) is 0 Å². The van der Waals surface area contributed by atoms with Gasteiger partial charge in [0.2, 0.25) is 0 Å². The van der Waals surface area contributed by atoms with Gasteiger partial charge in [-0.3, -0.25) is 4.90 Å². The lowest BCUT2D eigenvalue weighted by Crippen LogP contribution is -2.43. The summed E-state index contributed by atoms with van der Waals surface area (Å²) in [5.41, 5.74) is 2.54. The molecule has 1 N–H and O–H groups in total. The number of piperidine rings is 1. The van der Waals surface area contributed by atoms with E-state index in [-0.39, 0.29) is 11.5 Å². The van der Waals surface area contributed by atoms with E-state index in [9.17, 15) is 5.11 Å². The van der Waals surface area contributed by atoms with Gasteiger partial charge in [-0.2, -0.15) is 0 Å². The lowest BCUT2D eigenvalue weighted by molar-refractivity contribution is 0.0807. The van der Waals surface area contributed by atoms with Crippen LogP contribution in [-0.2, 0) is 12.0 Å². The number of ether oxygens (including phenoxy) is 2. The van der Waals surface area contributed by atoms with Gasteiger partial charge >= 0.3 is 0 Å². The number of aliphatic hydroxyl groups excluding tert-OH is 1. The quantitative estimate of drug-likeness (QED) is 0.773. The Hall–Kier alpha value is -1.56. The number of rotatable bonds is 5. The topological polar surface area (TPSA) is 45.2 Å². The fourth-order valence-electron chi connectivity index (χ4n) is 5.89. The summed E-state index contributed by atoms with van der Waals surface area (Å²) in [5, 5.41) is 10.2. The summed E-state index contributed by atoms with van der Waals surface area (Å²) >= 11 is 0. The fraction of sp³-hybridized carbons (Fsp3) is 0.667. The summed E-state index contributed by atoms with van der Waals surface area (Å²) in [7, 11) is 1.71. The predicted octanol–water partition coefficient (Wildman–Crippen LogP) is 3.10. The molecule has 0 bridgehead atoms. The highest BCUT2D eigenvalue weighted by molar-refractivity contribution is 5.60. The van der Waals surface area contributed by atoms with Crippen molar-refractivity contribution in [3.8, 4) is 11.5 Å². The van der Waals surface area contributed by atoms with E-state index in [0.717, 1.165) is 37.6 Å². The van der Waals surface area contributed by atoms with Crippen molar-refractivity contribution in [1.29, 1.82) is 0 Å². The van der Waals surface area contributed by atoms with Gasteiger partial charge in [-0.1, -0.05) is 24.6 Å². The second-order valence-corrected chi connectivity index (χ2v) is 9.22. The van der Waals surface area contributed by atoms with E-state index < -0.39 is 6.10 Å². The summed E-state index contributed by atoms with van der Waals surface area (Å²) in [4.78, 5) is 5.26. The average Bonchev–Trinajstić information content (AvgIpc) is 2.98. The molecule has 0 unspecified atom stereocenters. The zero-order valence-electron chi connectivity index (χ0n) is 17.6. The first-order valence-electron chi connectivity index (χ1n) is 11.4. The standard InChI is InChI=1S/C24H34N2O3/c1-28-20-7-6-18-17-26(14-5-13-25-11-3-2-4-12-25)15-10-24-9-8-19(27)16-21(24)29-23(20)22(18)24/h6-9,19,21,27H,2-5,10-17H2,1H3/t19-,21-,24+/m0/s1. The molecule has 0 radical (unpaired) electrons. The van der Waals surface area contributed by atoms with Crippen molar-refractivity contribution in [2.45, 2.75) is 62.7 Å². The van der Waals surface area contributed by atoms with Gasteiger partial charge in [0.1, 0.15) is 6.10 Å². The zero-order valence-corrected chi connectivity index (χ0v) is 17.6. The third-order valence-corrected chi connectivity index (χ3v) is 7.43. The van der Waals surface area contributed by atoms with E-state index in [2.05, 4.69) is 28.0 Å². The van der Waals surface area contributed by atoms with E-state index >= 15 is 0 Å². The number of nitrogens with zero attached hydrogens (tertiary/aromatic N) is 2. The van der Waals surface area contributed by atoms with Gasteiger partial charge in [-0.05, 0) is 70.0 Å². The minimum atomic E-state index is -0.418. The Bertz CT molecular complexity index is 774. The Labute approximate surface area is 174 Å². The van der Waals surface area contributed by atoms with Crippen LogP contribution in [-0.4, -0.2) is 66.9 Å². The molecule has 1 spiro atoms. The van der Waals surface area contributed by atoms with Gasteiger partial charge in [-0.15, -0.1) is 0 Å². The van der Waals surface area contributed by atoms with Crippen LogP contribution in [0.3, 0.4) is 0 Å². The van der Waals surface area contributed by atoms with Crippen LogP contribution >= 0.6 is 0 Å². The molecule has 5 nitrogen and oxygen atoms in total. The maximum absolute atomic E-state index is 10.2. The van der Waals surface area contributed by atoms with E-state index in [4.69, 9.17) is 9.47 Å². The third kappa shape index (κ3) is 3.47. The van der Waals surface area contributed by atoms with Gasteiger partial charge in [0.15, 0.2) is 11.5 Å². The van der Waals surface area contributed by atoms with Gasteiger partial charge in [0.25, 0.3) is 0 Å². The number of aliphatic hydroxyl groups is 1. The van der Waals surface area contributed by atoms with Crippen molar-refractivity contribution in [3.63, 3.8) is 0 Å². The van der Waals surface area contributed by atoms with E-state index in [1.54, 1.807) is 7.11 Å². The van der Waals surface area contributed by atoms with Crippen molar-refractivity contribution in [2.24, 2.45) is 0 Å². The average molecular weight is 399 g/mol. The van der Waals surface area contributed by atoms with Gasteiger partial charge in [0.05, 0.1) is 18.6 Å². The molecule has 0 amide bonds. The first-order chi connectivity index (χ1) is 14.2. The Kier molecular flexibility index (Phi) is 5.31. The lowest BCUT2D eigenvalue weighted by Gasteiger charge is -2.36. The Morgan fingerprint density at radius 3 is 2.79 bits per heavy atom. The van der Waals surface area contributed by atoms with Gasteiger partial charge < -0.3 is 19.5 Å². The van der Waals surface area contributed by atoms with Crippen molar-refractivity contribution in [2.75, 3.05) is 39.8 Å². The molecule has 1 aromatic rings. The van der Waals surface area contributed by atoms with Crippen LogP contribution in [0.25, 0.3) is 0 Å². The summed E-state index contributed by atoms with van der Waals surface area (Å²) in [6.45, 7) is 6.96. The normalized spacial score (nSPS) is 31.7. The largest absolute Gasteiger partial charge is 0.493 e. The SMILES string of the molecule is COc1ccc2c3c1O[C@H]1C[C@@H](O)C=C[C@]31CCN(CCCN1CCCCC1)C2. The Morgan fingerprint density at radius 2 is 1.97 bits per heavy atom. The zero-order chi connectivity index (χ0) is 19.8. The second-order valence-electron chi connectivity index (χ2n) is 9.22. The molecule has 158 valence electrons. The highest BCUT2D eigenvalue weighted by Crippen LogP contribution is 2.55. The highest BCUT2D eigenvalue weighted by Gasteiger charge is 2.52. The molecule has 3 aliphatic heterocycles.